The summed E-state index contributed by atoms with van der Waals surface area (Å²) in [6, 6.07) is 7.46. The van der Waals surface area contributed by atoms with Crippen molar-refractivity contribution < 1.29 is 0 Å². The van der Waals surface area contributed by atoms with Gasteiger partial charge in [0.05, 0.1) is 12.1 Å². The van der Waals surface area contributed by atoms with E-state index in [1.54, 1.807) is 0 Å². The molecular formula is C14H14BrClN2O2. The Morgan fingerprint density at radius 2 is 1.85 bits per heavy atom. The van der Waals surface area contributed by atoms with Crippen LogP contribution in [-0.4, -0.2) is 9.55 Å². The molecular weight excluding hydrogens is 344 g/mol. The molecule has 1 aromatic carbocycles. The maximum absolute atomic E-state index is 12.4. The second kappa shape index (κ2) is 5.97. The van der Waals surface area contributed by atoms with E-state index in [0.717, 1.165) is 10.0 Å². The smallest absolute Gasteiger partial charge is 0.297 e. The summed E-state index contributed by atoms with van der Waals surface area (Å²) in [5.74, 6) is -0.0528. The minimum atomic E-state index is -0.493. The maximum Gasteiger partial charge on any atom is 0.329 e. The molecule has 1 N–H and O–H groups in total. The van der Waals surface area contributed by atoms with Gasteiger partial charge in [0.15, 0.2) is 0 Å². The quantitative estimate of drug-likeness (QED) is 0.858. The summed E-state index contributed by atoms with van der Waals surface area (Å²) in [5, 5.41) is 0.127. The minimum Gasteiger partial charge on any atom is -0.297 e. The van der Waals surface area contributed by atoms with Crippen LogP contribution in [0.4, 0.5) is 0 Å². The Labute approximate surface area is 129 Å². The molecule has 0 radical (unpaired) electrons. The fourth-order valence-corrected chi connectivity index (χ4v) is 2.62. The van der Waals surface area contributed by atoms with Gasteiger partial charge in [0.1, 0.15) is 5.15 Å². The normalized spacial score (nSPS) is 11.1. The number of nitrogens with zero attached hydrogens (tertiary/aromatic N) is 1. The highest BCUT2D eigenvalue weighted by Gasteiger charge is 2.15. The van der Waals surface area contributed by atoms with Gasteiger partial charge < -0.3 is 0 Å². The standard InChI is InChI=1S/C14H14BrClN2O2/c1-8(2)11-12(16)17-14(20)18(13(11)19)7-9-3-5-10(15)6-4-9/h3-6,8H,7H2,1-2H3,(H,17,20). The van der Waals surface area contributed by atoms with Crippen LogP contribution < -0.4 is 11.2 Å². The van der Waals surface area contributed by atoms with Crippen LogP contribution in [0, 0.1) is 0 Å². The first kappa shape index (κ1) is 15.1. The van der Waals surface area contributed by atoms with Gasteiger partial charge in [-0.05, 0) is 23.6 Å². The Hall–Kier alpha value is -1.33. The van der Waals surface area contributed by atoms with Gasteiger partial charge in [-0.2, -0.15) is 0 Å². The van der Waals surface area contributed by atoms with Crippen LogP contribution in [0.15, 0.2) is 38.3 Å². The number of benzene rings is 1. The van der Waals surface area contributed by atoms with E-state index in [0.29, 0.717) is 5.56 Å². The van der Waals surface area contributed by atoms with Crippen molar-refractivity contribution in [3.05, 3.63) is 65.9 Å². The first-order valence-electron chi connectivity index (χ1n) is 6.17. The van der Waals surface area contributed by atoms with E-state index >= 15 is 0 Å². The molecule has 6 heteroatoms. The first-order valence-corrected chi connectivity index (χ1v) is 7.34. The second-order valence-corrected chi connectivity index (χ2v) is 6.12. The average molecular weight is 358 g/mol. The van der Waals surface area contributed by atoms with Gasteiger partial charge in [-0.1, -0.05) is 53.5 Å². The molecule has 0 fully saturated rings. The van der Waals surface area contributed by atoms with Crippen LogP contribution in [-0.2, 0) is 6.54 Å². The van der Waals surface area contributed by atoms with Gasteiger partial charge in [-0.25, -0.2) is 4.79 Å². The molecule has 0 aliphatic rings. The van der Waals surface area contributed by atoms with Gasteiger partial charge >= 0.3 is 5.69 Å². The summed E-state index contributed by atoms with van der Waals surface area (Å²) in [7, 11) is 0. The number of aromatic amines is 1. The Bertz CT molecular complexity index is 732. The summed E-state index contributed by atoms with van der Waals surface area (Å²) >= 11 is 9.30. The molecule has 0 saturated heterocycles. The lowest BCUT2D eigenvalue weighted by molar-refractivity contribution is 0.670. The Balaban J connectivity index is 2.52. The monoisotopic (exact) mass is 356 g/mol. The van der Waals surface area contributed by atoms with Crippen LogP contribution in [0.5, 0.6) is 0 Å². The van der Waals surface area contributed by atoms with Gasteiger partial charge in [-0.15, -0.1) is 0 Å². The van der Waals surface area contributed by atoms with E-state index in [1.807, 2.05) is 38.1 Å². The molecule has 0 saturated carbocycles. The predicted molar refractivity (Wildman–Crippen MR) is 83.7 cm³/mol. The molecule has 0 aliphatic heterocycles. The molecule has 1 heterocycles. The maximum atomic E-state index is 12.4. The van der Waals surface area contributed by atoms with E-state index in [9.17, 15) is 9.59 Å². The fraction of sp³-hybridized carbons (Fsp3) is 0.286. The van der Waals surface area contributed by atoms with E-state index in [1.165, 1.54) is 4.57 Å². The van der Waals surface area contributed by atoms with Crippen LogP contribution in [0.1, 0.15) is 30.9 Å². The van der Waals surface area contributed by atoms with Crippen LogP contribution in [0.25, 0.3) is 0 Å². The molecule has 0 spiro atoms. The van der Waals surface area contributed by atoms with Crippen molar-refractivity contribution in [2.75, 3.05) is 0 Å². The highest BCUT2D eigenvalue weighted by Crippen LogP contribution is 2.17. The summed E-state index contributed by atoms with van der Waals surface area (Å²) in [5.41, 5.74) is 0.477. The van der Waals surface area contributed by atoms with Crippen molar-refractivity contribution >= 4 is 27.5 Å². The Morgan fingerprint density at radius 1 is 1.25 bits per heavy atom. The topological polar surface area (TPSA) is 54.9 Å². The SMILES string of the molecule is CC(C)c1c(Cl)[nH]c(=O)n(Cc2ccc(Br)cc2)c1=O. The van der Waals surface area contributed by atoms with Crippen molar-refractivity contribution in [2.45, 2.75) is 26.3 Å². The number of hydrogen-bond acceptors (Lipinski definition) is 2. The fourth-order valence-electron chi connectivity index (χ4n) is 1.98. The molecule has 20 heavy (non-hydrogen) atoms. The summed E-state index contributed by atoms with van der Waals surface area (Å²) in [6.45, 7) is 3.95. The molecule has 0 atom stereocenters. The van der Waals surface area contributed by atoms with Gasteiger partial charge in [-0.3, -0.25) is 14.3 Å². The zero-order valence-electron chi connectivity index (χ0n) is 11.1. The van der Waals surface area contributed by atoms with Crippen LogP contribution in [0.3, 0.4) is 0 Å². The lowest BCUT2D eigenvalue weighted by Crippen LogP contribution is -2.38. The molecule has 0 bridgehead atoms. The lowest BCUT2D eigenvalue weighted by atomic mass is 10.1. The Morgan fingerprint density at radius 3 is 2.40 bits per heavy atom. The van der Waals surface area contributed by atoms with Gasteiger partial charge in [0, 0.05) is 4.47 Å². The third-order valence-corrected chi connectivity index (χ3v) is 3.83. The molecule has 106 valence electrons. The van der Waals surface area contributed by atoms with Crippen LogP contribution in [0.2, 0.25) is 5.15 Å². The molecule has 0 amide bonds. The predicted octanol–water partition coefficient (Wildman–Crippen LogP) is 3.12. The molecule has 1 aromatic heterocycles. The zero-order chi connectivity index (χ0) is 14.9. The van der Waals surface area contributed by atoms with Crippen molar-refractivity contribution in [3.63, 3.8) is 0 Å². The highest BCUT2D eigenvalue weighted by atomic mass is 79.9. The minimum absolute atomic E-state index is 0.0528. The average Bonchev–Trinajstić information content (AvgIpc) is 2.36. The zero-order valence-corrected chi connectivity index (χ0v) is 13.5. The number of halogens is 2. The molecule has 2 aromatic rings. The van der Waals surface area contributed by atoms with Crippen molar-refractivity contribution in [2.24, 2.45) is 0 Å². The number of rotatable bonds is 3. The molecule has 4 nitrogen and oxygen atoms in total. The van der Waals surface area contributed by atoms with Crippen molar-refractivity contribution in [1.29, 1.82) is 0 Å². The third-order valence-electron chi connectivity index (χ3n) is 3.01. The van der Waals surface area contributed by atoms with Gasteiger partial charge in [0.25, 0.3) is 5.56 Å². The third kappa shape index (κ3) is 3.04. The summed E-state index contributed by atoms with van der Waals surface area (Å²) in [4.78, 5) is 26.8. The number of aromatic nitrogens is 2. The van der Waals surface area contributed by atoms with E-state index in [-0.39, 0.29) is 23.2 Å². The molecule has 2 rings (SSSR count). The Kier molecular flexibility index (Phi) is 4.50. The summed E-state index contributed by atoms with van der Waals surface area (Å²) < 4.78 is 2.12. The largest absolute Gasteiger partial charge is 0.329 e. The van der Waals surface area contributed by atoms with Crippen molar-refractivity contribution in [3.8, 4) is 0 Å². The molecule has 0 unspecified atom stereocenters. The van der Waals surface area contributed by atoms with E-state index in [4.69, 9.17) is 11.6 Å². The molecule has 0 aliphatic carbocycles. The number of H-pyrrole nitrogens is 1. The van der Waals surface area contributed by atoms with Gasteiger partial charge in [0.2, 0.25) is 0 Å². The van der Waals surface area contributed by atoms with Crippen molar-refractivity contribution in [1.82, 2.24) is 9.55 Å². The second-order valence-electron chi connectivity index (χ2n) is 4.83. The van der Waals surface area contributed by atoms with E-state index < -0.39 is 5.69 Å². The first-order chi connectivity index (χ1) is 9.40. The number of nitrogens with one attached hydrogen (secondary N) is 1. The number of hydrogen-bond donors (Lipinski definition) is 1. The van der Waals surface area contributed by atoms with E-state index in [2.05, 4.69) is 20.9 Å². The highest BCUT2D eigenvalue weighted by molar-refractivity contribution is 9.10. The lowest BCUT2D eigenvalue weighted by Gasteiger charge is -2.11. The van der Waals surface area contributed by atoms with Crippen LogP contribution >= 0.6 is 27.5 Å². The summed E-state index contributed by atoms with van der Waals surface area (Å²) in [6.07, 6.45) is 0.